The Hall–Kier alpha value is -2.37. The summed E-state index contributed by atoms with van der Waals surface area (Å²) in [4.78, 5) is 18.1. The maximum absolute atomic E-state index is 10.5. The third-order valence-corrected chi connectivity index (χ3v) is 1.64. The third-order valence-electron chi connectivity index (χ3n) is 1.64. The zero-order valence-electron chi connectivity index (χ0n) is 7.54. The van der Waals surface area contributed by atoms with Gasteiger partial charge in [-0.25, -0.2) is 4.79 Å². The van der Waals surface area contributed by atoms with Crippen LogP contribution in [0.25, 0.3) is 0 Å². The molecule has 6 nitrogen and oxygen atoms in total. The van der Waals surface area contributed by atoms with E-state index in [1.165, 1.54) is 0 Å². The lowest BCUT2D eigenvalue weighted by Gasteiger charge is -1.98. The first-order chi connectivity index (χ1) is 7.25. The molecule has 0 saturated carbocycles. The molecular formula is C9H7N3O3. The molecular weight excluding hydrogens is 198 g/mol. The van der Waals surface area contributed by atoms with E-state index < -0.39 is 5.97 Å². The standard InChI is InChI=1S/C9H7N3O3/c13-8(14)7-5-15-9(12-7)11-6-2-1-3-10-4-6/h1-5H,(H,11,12)(H,13,14). The van der Waals surface area contributed by atoms with E-state index in [1.807, 2.05) is 0 Å². The smallest absolute Gasteiger partial charge is 0.357 e. The van der Waals surface area contributed by atoms with Gasteiger partial charge in [-0.3, -0.25) is 4.98 Å². The van der Waals surface area contributed by atoms with Crippen LogP contribution in [0.1, 0.15) is 10.5 Å². The van der Waals surface area contributed by atoms with Crippen LogP contribution in [-0.4, -0.2) is 21.0 Å². The number of carbonyl (C=O) groups is 1. The zero-order valence-corrected chi connectivity index (χ0v) is 7.54. The van der Waals surface area contributed by atoms with Crippen molar-refractivity contribution in [2.24, 2.45) is 0 Å². The summed E-state index contributed by atoms with van der Waals surface area (Å²) in [5, 5.41) is 11.4. The molecule has 0 saturated heterocycles. The molecule has 2 aromatic heterocycles. The maximum Gasteiger partial charge on any atom is 0.357 e. The second-order valence-electron chi connectivity index (χ2n) is 2.71. The molecule has 0 atom stereocenters. The van der Waals surface area contributed by atoms with Gasteiger partial charge in [-0.15, -0.1) is 0 Å². The SMILES string of the molecule is O=C(O)c1coc(Nc2cccnc2)n1. The van der Waals surface area contributed by atoms with Gasteiger partial charge in [-0.2, -0.15) is 4.98 Å². The molecule has 15 heavy (non-hydrogen) atoms. The van der Waals surface area contributed by atoms with Gasteiger partial charge in [-0.1, -0.05) is 0 Å². The Bertz CT molecular complexity index is 466. The van der Waals surface area contributed by atoms with Crippen molar-refractivity contribution >= 4 is 17.7 Å². The predicted molar refractivity (Wildman–Crippen MR) is 51.0 cm³/mol. The predicted octanol–water partition coefficient (Wildman–Crippen LogP) is 1.51. The summed E-state index contributed by atoms with van der Waals surface area (Å²) in [5.41, 5.74) is 0.540. The first kappa shape index (κ1) is 9.20. The molecule has 76 valence electrons. The molecule has 0 aliphatic heterocycles. The van der Waals surface area contributed by atoms with Crippen LogP contribution in [0.5, 0.6) is 0 Å². The highest BCUT2D eigenvalue weighted by atomic mass is 16.4. The largest absolute Gasteiger partial charge is 0.476 e. The number of rotatable bonds is 3. The van der Waals surface area contributed by atoms with Gasteiger partial charge < -0.3 is 14.8 Å². The van der Waals surface area contributed by atoms with Crippen molar-refractivity contribution in [2.45, 2.75) is 0 Å². The molecule has 0 radical (unpaired) electrons. The van der Waals surface area contributed by atoms with Gasteiger partial charge in [0.1, 0.15) is 6.26 Å². The lowest BCUT2D eigenvalue weighted by molar-refractivity contribution is 0.0690. The summed E-state index contributed by atoms with van der Waals surface area (Å²) >= 11 is 0. The van der Waals surface area contributed by atoms with E-state index in [0.29, 0.717) is 5.69 Å². The fourth-order valence-corrected chi connectivity index (χ4v) is 0.990. The van der Waals surface area contributed by atoms with Crippen LogP contribution in [0, 0.1) is 0 Å². The Morgan fingerprint density at radius 3 is 3.00 bits per heavy atom. The van der Waals surface area contributed by atoms with Crippen molar-refractivity contribution in [1.29, 1.82) is 0 Å². The van der Waals surface area contributed by atoms with Gasteiger partial charge in [0.25, 0.3) is 6.01 Å². The minimum absolute atomic E-state index is 0.125. The van der Waals surface area contributed by atoms with Crippen molar-refractivity contribution in [3.8, 4) is 0 Å². The lowest BCUT2D eigenvalue weighted by Crippen LogP contribution is -1.97. The molecule has 2 rings (SSSR count). The van der Waals surface area contributed by atoms with E-state index >= 15 is 0 Å². The number of nitrogens with one attached hydrogen (secondary N) is 1. The minimum Gasteiger partial charge on any atom is -0.476 e. The number of anilines is 2. The number of pyridine rings is 1. The minimum atomic E-state index is -1.13. The van der Waals surface area contributed by atoms with E-state index in [9.17, 15) is 4.79 Å². The first-order valence-corrected chi connectivity index (χ1v) is 4.11. The normalized spacial score (nSPS) is 9.87. The number of hydrogen-bond acceptors (Lipinski definition) is 5. The topological polar surface area (TPSA) is 88.2 Å². The van der Waals surface area contributed by atoms with Crippen LogP contribution in [0.4, 0.5) is 11.7 Å². The monoisotopic (exact) mass is 205 g/mol. The number of aromatic carboxylic acids is 1. The number of oxazole rings is 1. The molecule has 0 amide bonds. The van der Waals surface area contributed by atoms with E-state index in [2.05, 4.69) is 15.3 Å². The van der Waals surface area contributed by atoms with E-state index in [0.717, 1.165) is 6.26 Å². The number of hydrogen-bond donors (Lipinski definition) is 2. The lowest BCUT2D eigenvalue weighted by atomic mass is 10.4. The Morgan fingerprint density at radius 2 is 2.40 bits per heavy atom. The molecule has 2 heterocycles. The fraction of sp³-hybridized carbons (Fsp3) is 0. The molecule has 2 N–H and O–H groups in total. The molecule has 0 aliphatic rings. The van der Waals surface area contributed by atoms with Crippen LogP contribution in [0.2, 0.25) is 0 Å². The molecule has 0 spiro atoms. The highest BCUT2D eigenvalue weighted by Crippen LogP contribution is 2.14. The molecule has 0 bridgehead atoms. The summed E-state index contributed by atoms with van der Waals surface area (Å²) in [5.74, 6) is -1.13. The van der Waals surface area contributed by atoms with E-state index in [-0.39, 0.29) is 11.7 Å². The summed E-state index contributed by atoms with van der Waals surface area (Å²) in [6, 6.07) is 3.63. The average Bonchev–Trinajstić information content (AvgIpc) is 2.68. The zero-order chi connectivity index (χ0) is 10.7. The summed E-state index contributed by atoms with van der Waals surface area (Å²) in [6.45, 7) is 0. The third kappa shape index (κ3) is 2.11. The Morgan fingerprint density at radius 1 is 1.53 bits per heavy atom. The summed E-state index contributed by atoms with van der Waals surface area (Å²) < 4.78 is 4.90. The van der Waals surface area contributed by atoms with Crippen LogP contribution in [0.15, 0.2) is 35.2 Å². The van der Waals surface area contributed by atoms with Gasteiger partial charge in [0, 0.05) is 6.20 Å². The van der Waals surface area contributed by atoms with Gasteiger partial charge in [0.2, 0.25) is 0 Å². The maximum atomic E-state index is 10.5. The van der Waals surface area contributed by atoms with Gasteiger partial charge in [0.15, 0.2) is 5.69 Å². The van der Waals surface area contributed by atoms with Crippen LogP contribution < -0.4 is 5.32 Å². The van der Waals surface area contributed by atoms with E-state index in [4.69, 9.17) is 9.52 Å². The summed E-state index contributed by atoms with van der Waals surface area (Å²) in [7, 11) is 0. The quantitative estimate of drug-likeness (QED) is 0.789. The van der Waals surface area contributed by atoms with Crippen molar-refractivity contribution in [2.75, 3.05) is 5.32 Å². The number of aromatic nitrogens is 2. The number of carboxylic acid groups (broad SMARTS) is 1. The Kier molecular flexibility index (Phi) is 2.32. The highest BCUT2D eigenvalue weighted by Gasteiger charge is 2.09. The first-order valence-electron chi connectivity index (χ1n) is 4.11. The molecule has 0 fully saturated rings. The van der Waals surface area contributed by atoms with Gasteiger partial charge in [0.05, 0.1) is 11.9 Å². The molecule has 0 aliphatic carbocycles. The molecule has 6 heteroatoms. The van der Waals surface area contributed by atoms with Crippen LogP contribution in [0.3, 0.4) is 0 Å². The van der Waals surface area contributed by atoms with Crippen LogP contribution >= 0.6 is 0 Å². The van der Waals surface area contributed by atoms with Crippen molar-refractivity contribution in [3.63, 3.8) is 0 Å². The molecule has 0 unspecified atom stereocenters. The molecule has 0 aromatic carbocycles. The number of nitrogens with zero attached hydrogens (tertiary/aromatic N) is 2. The highest BCUT2D eigenvalue weighted by molar-refractivity contribution is 5.85. The van der Waals surface area contributed by atoms with Crippen LogP contribution in [-0.2, 0) is 0 Å². The van der Waals surface area contributed by atoms with Crippen molar-refractivity contribution in [1.82, 2.24) is 9.97 Å². The Balaban J connectivity index is 2.15. The Labute approximate surface area is 84.6 Å². The van der Waals surface area contributed by atoms with Crippen molar-refractivity contribution < 1.29 is 14.3 Å². The second-order valence-corrected chi connectivity index (χ2v) is 2.71. The fourth-order valence-electron chi connectivity index (χ4n) is 0.990. The average molecular weight is 205 g/mol. The summed E-state index contributed by atoms with van der Waals surface area (Å²) in [6.07, 6.45) is 4.27. The van der Waals surface area contributed by atoms with E-state index in [1.54, 1.807) is 24.5 Å². The number of carboxylic acids is 1. The molecule has 2 aromatic rings. The van der Waals surface area contributed by atoms with Crippen molar-refractivity contribution in [3.05, 3.63) is 36.5 Å². The van der Waals surface area contributed by atoms with Gasteiger partial charge in [-0.05, 0) is 12.1 Å². The second kappa shape index (κ2) is 3.79. The van der Waals surface area contributed by atoms with Gasteiger partial charge >= 0.3 is 5.97 Å².